The van der Waals surface area contributed by atoms with Gasteiger partial charge in [-0.25, -0.2) is 0 Å². The fourth-order valence-corrected chi connectivity index (χ4v) is 2.20. The van der Waals surface area contributed by atoms with Crippen molar-refractivity contribution in [3.8, 4) is 0 Å². The van der Waals surface area contributed by atoms with Crippen molar-refractivity contribution in [2.75, 3.05) is 26.3 Å². The lowest BCUT2D eigenvalue weighted by molar-refractivity contribution is 0.258. The molecule has 0 saturated carbocycles. The molecule has 2 aliphatic rings. The van der Waals surface area contributed by atoms with Gasteiger partial charge in [-0.2, -0.15) is 0 Å². The van der Waals surface area contributed by atoms with Crippen molar-refractivity contribution in [2.45, 2.75) is 26.7 Å². The fraction of sp³-hybridized carbons (Fsp3) is 0.818. The van der Waals surface area contributed by atoms with Crippen molar-refractivity contribution in [1.29, 1.82) is 0 Å². The minimum Gasteiger partial charge on any atom is -0.478 e. The smallest absolute Gasteiger partial charge is 0.199 e. The first kappa shape index (κ1) is 10.5. The van der Waals surface area contributed by atoms with E-state index in [1.165, 1.54) is 0 Å². The third-order valence-electron chi connectivity index (χ3n) is 3.20. The Balaban J connectivity index is 2.29. The number of aliphatic imine (C=N–C) groups is 2. The average Bonchev–Trinajstić information content (AvgIpc) is 2.92. The Morgan fingerprint density at radius 3 is 1.73 bits per heavy atom. The van der Waals surface area contributed by atoms with Crippen molar-refractivity contribution in [3.05, 3.63) is 0 Å². The first-order chi connectivity index (χ1) is 7.33. The predicted octanol–water partition coefficient (Wildman–Crippen LogP) is 1.65. The Morgan fingerprint density at radius 2 is 1.47 bits per heavy atom. The van der Waals surface area contributed by atoms with E-state index in [0.717, 1.165) is 37.7 Å². The Kier molecular flexibility index (Phi) is 2.93. The zero-order valence-electron chi connectivity index (χ0n) is 9.45. The molecule has 0 bridgehead atoms. The van der Waals surface area contributed by atoms with Gasteiger partial charge in [0.15, 0.2) is 11.8 Å². The van der Waals surface area contributed by atoms with Crippen LogP contribution in [0.25, 0.3) is 0 Å². The molecule has 0 amide bonds. The van der Waals surface area contributed by atoms with Crippen molar-refractivity contribution in [2.24, 2.45) is 15.4 Å². The summed E-state index contributed by atoms with van der Waals surface area (Å²) in [7, 11) is 0. The summed E-state index contributed by atoms with van der Waals surface area (Å²) >= 11 is 0. The first-order valence-corrected chi connectivity index (χ1v) is 5.69. The zero-order valence-corrected chi connectivity index (χ0v) is 9.45. The Hall–Kier alpha value is -1.06. The molecule has 4 heteroatoms. The van der Waals surface area contributed by atoms with Gasteiger partial charge in [0.25, 0.3) is 0 Å². The van der Waals surface area contributed by atoms with Crippen LogP contribution in [0.5, 0.6) is 0 Å². The summed E-state index contributed by atoms with van der Waals surface area (Å²) in [6.45, 7) is 7.21. The van der Waals surface area contributed by atoms with E-state index in [9.17, 15) is 0 Å². The van der Waals surface area contributed by atoms with Crippen LogP contribution >= 0.6 is 0 Å². The van der Waals surface area contributed by atoms with Crippen LogP contribution in [0.2, 0.25) is 0 Å². The van der Waals surface area contributed by atoms with E-state index in [4.69, 9.17) is 9.47 Å². The first-order valence-electron chi connectivity index (χ1n) is 5.69. The second kappa shape index (κ2) is 4.21. The molecule has 0 fully saturated rings. The lowest BCUT2D eigenvalue weighted by Gasteiger charge is -2.29. The second-order valence-corrected chi connectivity index (χ2v) is 3.86. The van der Waals surface area contributed by atoms with Gasteiger partial charge in [0.2, 0.25) is 0 Å². The zero-order chi connectivity index (χ0) is 10.7. The van der Waals surface area contributed by atoms with Gasteiger partial charge < -0.3 is 9.47 Å². The molecule has 2 rings (SSSR count). The van der Waals surface area contributed by atoms with E-state index in [1.807, 2.05) is 0 Å². The van der Waals surface area contributed by atoms with Gasteiger partial charge in [0, 0.05) is 0 Å². The van der Waals surface area contributed by atoms with Crippen LogP contribution in [-0.4, -0.2) is 38.1 Å². The van der Waals surface area contributed by atoms with Gasteiger partial charge in [-0.1, -0.05) is 13.8 Å². The maximum Gasteiger partial charge on any atom is 0.199 e. The summed E-state index contributed by atoms with van der Waals surface area (Å²) in [4.78, 5) is 8.86. The number of nitrogens with zero attached hydrogens (tertiary/aromatic N) is 2. The Morgan fingerprint density at radius 1 is 1.00 bits per heavy atom. The van der Waals surface area contributed by atoms with Gasteiger partial charge in [-0.05, 0) is 12.8 Å². The summed E-state index contributed by atoms with van der Waals surface area (Å²) in [5.41, 5.74) is -0.201. The van der Waals surface area contributed by atoms with Crippen LogP contribution in [0, 0.1) is 5.41 Å². The van der Waals surface area contributed by atoms with Gasteiger partial charge in [0.1, 0.15) is 18.6 Å². The Labute approximate surface area is 90.4 Å². The third-order valence-corrected chi connectivity index (χ3v) is 3.20. The SMILES string of the molecule is CCC(CC)(C1=NCCO1)C1=NCCO1. The third kappa shape index (κ3) is 1.62. The maximum atomic E-state index is 5.60. The predicted molar refractivity (Wildman–Crippen MR) is 59.5 cm³/mol. The molecular formula is C11H18N2O2. The molecule has 15 heavy (non-hydrogen) atoms. The molecule has 0 saturated heterocycles. The molecule has 2 aliphatic heterocycles. The van der Waals surface area contributed by atoms with Gasteiger partial charge in [0.05, 0.1) is 13.1 Å². The van der Waals surface area contributed by atoms with E-state index in [0.29, 0.717) is 13.2 Å². The number of rotatable bonds is 4. The molecule has 0 unspecified atom stereocenters. The van der Waals surface area contributed by atoms with Crippen molar-refractivity contribution in [3.63, 3.8) is 0 Å². The number of hydrogen-bond donors (Lipinski definition) is 0. The van der Waals surface area contributed by atoms with Crippen molar-refractivity contribution >= 4 is 11.8 Å². The number of ether oxygens (including phenoxy) is 2. The highest BCUT2D eigenvalue weighted by Crippen LogP contribution is 2.34. The molecule has 0 aliphatic carbocycles. The van der Waals surface area contributed by atoms with Crippen LogP contribution < -0.4 is 0 Å². The minimum absolute atomic E-state index is 0.201. The van der Waals surface area contributed by atoms with Crippen LogP contribution in [0.4, 0.5) is 0 Å². The van der Waals surface area contributed by atoms with Gasteiger partial charge >= 0.3 is 0 Å². The normalized spacial score (nSPS) is 20.7. The standard InChI is InChI=1S/C11H18N2O2/c1-3-11(4-2,9-12-5-7-14-9)10-13-6-8-15-10/h3-8H2,1-2H3. The van der Waals surface area contributed by atoms with E-state index in [2.05, 4.69) is 23.8 Å². The van der Waals surface area contributed by atoms with Gasteiger partial charge in [-0.3, -0.25) is 9.98 Å². The molecule has 4 nitrogen and oxygen atoms in total. The maximum absolute atomic E-state index is 5.60. The van der Waals surface area contributed by atoms with E-state index in [-0.39, 0.29) is 5.41 Å². The Bertz CT molecular complexity index is 267. The monoisotopic (exact) mass is 210 g/mol. The average molecular weight is 210 g/mol. The van der Waals surface area contributed by atoms with Crippen LogP contribution in [-0.2, 0) is 9.47 Å². The van der Waals surface area contributed by atoms with E-state index in [1.54, 1.807) is 0 Å². The molecule has 0 aromatic rings. The summed E-state index contributed by atoms with van der Waals surface area (Å²) < 4.78 is 11.2. The van der Waals surface area contributed by atoms with Gasteiger partial charge in [-0.15, -0.1) is 0 Å². The lowest BCUT2D eigenvalue weighted by Crippen LogP contribution is -2.39. The molecule has 2 heterocycles. The molecule has 0 aromatic carbocycles. The van der Waals surface area contributed by atoms with E-state index >= 15 is 0 Å². The van der Waals surface area contributed by atoms with Crippen LogP contribution in [0.1, 0.15) is 26.7 Å². The molecule has 0 aromatic heterocycles. The number of hydrogen-bond acceptors (Lipinski definition) is 4. The van der Waals surface area contributed by atoms with Crippen LogP contribution in [0.15, 0.2) is 9.98 Å². The van der Waals surface area contributed by atoms with Crippen molar-refractivity contribution in [1.82, 2.24) is 0 Å². The second-order valence-electron chi connectivity index (χ2n) is 3.86. The van der Waals surface area contributed by atoms with E-state index < -0.39 is 0 Å². The highest BCUT2D eigenvalue weighted by molar-refractivity contribution is 6.05. The molecule has 0 N–H and O–H groups in total. The highest BCUT2D eigenvalue weighted by Gasteiger charge is 2.43. The quantitative estimate of drug-likeness (QED) is 0.708. The molecule has 84 valence electrons. The largest absolute Gasteiger partial charge is 0.478 e. The van der Waals surface area contributed by atoms with Crippen molar-refractivity contribution < 1.29 is 9.47 Å². The minimum atomic E-state index is -0.201. The molecule has 0 radical (unpaired) electrons. The highest BCUT2D eigenvalue weighted by atomic mass is 16.5. The molecule has 0 atom stereocenters. The summed E-state index contributed by atoms with van der Waals surface area (Å²) in [5.74, 6) is 1.65. The van der Waals surface area contributed by atoms with Crippen LogP contribution in [0.3, 0.4) is 0 Å². The summed E-state index contributed by atoms with van der Waals surface area (Å²) in [5, 5.41) is 0. The fourth-order valence-electron chi connectivity index (χ4n) is 2.20. The summed E-state index contributed by atoms with van der Waals surface area (Å²) in [6, 6.07) is 0. The topological polar surface area (TPSA) is 43.2 Å². The molecular weight excluding hydrogens is 192 g/mol. The summed E-state index contributed by atoms with van der Waals surface area (Å²) in [6.07, 6.45) is 1.86. The lowest BCUT2D eigenvalue weighted by atomic mass is 9.81. The molecule has 0 spiro atoms.